The quantitative estimate of drug-likeness (QED) is 0.375. The van der Waals surface area contributed by atoms with E-state index in [4.69, 9.17) is 11.6 Å². The fourth-order valence-electron chi connectivity index (χ4n) is 2.00. The number of nitrogens with one attached hydrogen (secondary N) is 1. The van der Waals surface area contributed by atoms with Gasteiger partial charge in [0.1, 0.15) is 5.01 Å². The zero-order chi connectivity index (χ0) is 17.7. The number of aromatic nitrogens is 1. The molecule has 0 saturated carbocycles. The molecule has 2 rings (SSSR count). The van der Waals surface area contributed by atoms with Crippen molar-refractivity contribution in [3.8, 4) is 0 Å². The van der Waals surface area contributed by atoms with Crippen LogP contribution in [-0.4, -0.2) is 29.9 Å². The summed E-state index contributed by atoms with van der Waals surface area (Å²) in [6.07, 6.45) is -4.41. The number of halogens is 5. The molecule has 1 aromatic heterocycles. The molecule has 0 unspecified atom stereocenters. The fourth-order valence-corrected chi connectivity index (χ4v) is 2.87. The second kappa shape index (κ2) is 9.58. The Morgan fingerprint density at radius 2 is 1.96 bits per heavy atom. The Kier molecular flexibility index (Phi) is 8.42. The van der Waals surface area contributed by atoms with Crippen molar-refractivity contribution in [3.05, 3.63) is 50.9 Å². The lowest BCUT2D eigenvalue weighted by molar-refractivity contribution is -0.140. The van der Waals surface area contributed by atoms with Crippen LogP contribution in [0.3, 0.4) is 0 Å². The Labute approximate surface area is 170 Å². The van der Waals surface area contributed by atoms with Gasteiger partial charge < -0.3 is 10.2 Å². The molecule has 138 valence electrons. The molecule has 0 saturated heterocycles. The number of nitrogens with zero attached hydrogens (tertiary/aromatic N) is 3. The van der Waals surface area contributed by atoms with Gasteiger partial charge in [0, 0.05) is 31.0 Å². The summed E-state index contributed by atoms with van der Waals surface area (Å²) in [5.74, 6) is 0.564. The van der Waals surface area contributed by atoms with Gasteiger partial charge in [-0.15, -0.1) is 35.3 Å². The van der Waals surface area contributed by atoms with Crippen molar-refractivity contribution < 1.29 is 13.2 Å². The van der Waals surface area contributed by atoms with Crippen molar-refractivity contribution in [1.29, 1.82) is 0 Å². The maximum atomic E-state index is 12.5. The molecule has 0 radical (unpaired) electrons. The van der Waals surface area contributed by atoms with Gasteiger partial charge in [0.25, 0.3) is 0 Å². The summed E-state index contributed by atoms with van der Waals surface area (Å²) >= 11 is 6.82. The van der Waals surface area contributed by atoms with E-state index in [-0.39, 0.29) is 30.5 Å². The predicted molar refractivity (Wildman–Crippen MR) is 106 cm³/mol. The van der Waals surface area contributed by atoms with Crippen LogP contribution in [-0.2, 0) is 19.3 Å². The van der Waals surface area contributed by atoms with Crippen LogP contribution in [0, 0.1) is 0 Å². The number of guanidine groups is 1. The van der Waals surface area contributed by atoms with Crippen LogP contribution in [0.15, 0.2) is 34.6 Å². The van der Waals surface area contributed by atoms with Crippen LogP contribution in [0.5, 0.6) is 0 Å². The molecular weight excluding hydrogens is 488 g/mol. The highest BCUT2D eigenvalue weighted by Gasteiger charge is 2.33. The molecule has 1 heterocycles. The minimum atomic E-state index is -4.41. The van der Waals surface area contributed by atoms with E-state index in [0.717, 1.165) is 22.3 Å². The van der Waals surface area contributed by atoms with E-state index < -0.39 is 11.9 Å². The Hall–Kier alpha value is -1.07. The van der Waals surface area contributed by atoms with E-state index in [0.29, 0.717) is 22.5 Å². The molecule has 2 aromatic rings. The molecule has 0 bridgehead atoms. The summed E-state index contributed by atoms with van der Waals surface area (Å²) in [7, 11) is 3.45. The first-order valence-corrected chi connectivity index (χ1v) is 8.23. The first-order valence-electron chi connectivity index (χ1n) is 6.97. The standard InChI is InChI=1S/C15H16ClF3N4S.HI/c1-20-14(23(2)8-10-3-5-11(16)6-4-10)21-7-13-22-12(9-24-13)15(17,18)19;/h3-6,9H,7-8H2,1-2H3,(H,20,21);1H. The van der Waals surface area contributed by atoms with Crippen molar-refractivity contribution in [1.82, 2.24) is 15.2 Å². The Morgan fingerprint density at radius 1 is 1.32 bits per heavy atom. The van der Waals surface area contributed by atoms with Gasteiger partial charge in [0.15, 0.2) is 11.7 Å². The molecular formula is C15H17ClF3IN4S. The highest BCUT2D eigenvalue weighted by Crippen LogP contribution is 2.29. The van der Waals surface area contributed by atoms with E-state index in [9.17, 15) is 13.2 Å². The monoisotopic (exact) mass is 504 g/mol. The summed E-state index contributed by atoms with van der Waals surface area (Å²) in [4.78, 5) is 9.58. The first-order chi connectivity index (χ1) is 11.3. The smallest absolute Gasteiger partial charge is 0.350 e. The number of rotatable bonds is 4. The molecule has 25 heavy (non-hydrogen) atoms. The van der Waals surface area contributed by atoms with Crippen LogP contribution in [0.4, 0.5) is 13.2 Å². The SMILES string of the molecule is CN=C(NCc1nc(C(F)(F)F)cs1)N(C)Cc1ccc(Cl)cc1.I. The third-order valence-corrected chi connectivity index (χ3v) is 4.25. The topological polar surface area (TPSA) is 40.5 Å². The molecule has 0 aliphatic carbocycles. The van der Waals surface area contributed by atoms with Gasteiger partial charge in [-0.25, -0.2) is 4.98 Å². The van der Waals surface area contributed by atoms with Gasteiger partial charge in [0.2, 0.25) is 0 Å². The summed E-state index contributed by atoms with van der Waals surface area (Å²) < 4.78 is 37.6. The van der Waals surface area contributed by atoms with Crippen LogP contribution >= 0.6 is 46.9 Å². The Bertz CT molecular complexity index is 704. The summed E-state index contributed by atoms with van der Waals surface area (Å²) in [6.45, 7) is 0.765. The average molecular weight is 505 g/mol. The number of benzene rings is 1. The first kappa shape index (κ1) is 22.0. The molecule has 1 N–H and O–H groups in total. The zero-order valence-corrected chi connectivity index (χ0v) is 17.4. The highest BCUT2D eigenvalue weighted by molar-refractivity contribution is 14.0. The third-order valence-electron chi connectivity index (χ3n) is 3.15. The van der Waals surface area contributed by atoms with Crippen LogP contribution in [0.1, 0.15) is 16.3 Å². The van der Waals surface area contributed by atoms with Crippen molar-refractivity contribution >= 4 is 52.9 Å². The van der Waals surface area contributed by atoms with Crippen molar-refractivity contribution in [2.75, 3.05) is 14.1 Å². The lowest BCUT2D eigenvalue weighted by Crippen LogP contribution is -2.38. The van der Waals surface area contributed by atoms with Gasteiger partial charge in [-0.2, -0.15) is 13.2 Å². The maximum absolute atomic E-state index is 12.5. The normalized spacial score (nSPS) is 11.8. The molecule has 4 nitrogen and oxygen atoms in total. The van der Waals surface area contributed by atoms with E-state index >= 15 is 0 Å². The fraction of sp³-hybridized carbons (Fsp3) is 0.333. The molecule has 0 aliphatic rings. The minimum absolute atomic E-state index is 0. The zero-order valence-electron chi connectivity index (χ0n) is 13.5. The van der Waals surface area contributed by atoms with Crippen LogP contribution < -0.4 is 5.32 Å². The van der Waals surface area contributed by atoms with Gasteiger partial charge in [-0.05, 0) is 17.7 Å². The molecule has 0 atom stereocenters. The minimum Gasteiger partial charge on any atom is -0.350 e. The molecule has 0 fully saturated rings. The Morgan fingerprint density at radius 3 is 2.48 bits per heavy atom. The molecule has 1 aromatic carbocycles. The predicted octanol–water partition coefficient (Wildman–Crippen LogP) is 4.64. The summed E-state index contributed by atoms with van der Waals surface area (Å²) in [5.41, 5.74) is 0.173. The van der Waals surface area contributed by atoms with E-state index in [2.05, 4.69) is 15.3 Å². The summed E-state index contributed by atoms with van der Waals surface area (Å²) in [5, 5.41) is 5.03. The second-order valence-corrected chi connectivity index (χ2v) is 6.39. The van der Waals surface area contributed by atoms with Gasteiger partial charge >= 0.3 is 6.18 Å². The number of alkyl halides is 3. The summed E-state index contributed by atoms with van der Waals surface area (Å²) in [6, 6.07) is 7.41. The number of aliphatic imine (C=N–C) groups is 1. The van der Waals surface area contributed by atoms with E-state index in [1.165, 1.54) is 0 Å². The lowest BCUT2D eigenvalue weighted by atomic mass is 10.2. The van der Waals surface area contributed by atoms with E-state index in [1.807, 2.05) is 24.1 Å². The van der Waals surface area contributed by atoms with Gasteiger partial charge in [0.05, 0.1) is 6.54 Å². The third kappa shape index (κ3) is 6.63. The molecule has 0 spiro atoms. The van der Waals surface area contributed by atoms with Crippen molar-refractivity contribution in [2.24, 2.45) is 4.99 Å². The largest absolute Gasteiger partial charge is 0.434 e. The average Bonchev–Trinajstić information content (AvgIpc) is 2.99. The highest BCUT2D eigenvalue weighted by atomic mass is 127. The van der Waals surface area contributed by atoms with Crippen LogP contribution in [0.25, 0.3) is 0 Å². The van der Waals surface area contributed by atoms with Crippen molar-refractivity contribution in [2.45, 2.75) is 19.3 Å². The van der Waals surface area contributed by atoms with Crippen LogP contribution in [0.2, 0.25) is 5.02 Å². The lowest BCUT2D eigenvalue weighted by Gasteiger charge is -2.21. The molecule has 0 amide bonds. The van der Waals surface area contributed by atoms with Crippen molar-refractivity contribution in [3.63, 3.8) is 0 Å². The Balaban J connectivity index is 0.00000312. The molecule has 0 aliphatic heterocycles. The maximum Gasteiger partial charge on any atom is 0.434 e. The number of hydrogen-bond donors (Lipinski definition) is 1. The second-order valence-electron chi connectivity index (χ2n) is 5.01. The van der Waals surface area contributed by atoms with E-state index in [1.54, 1.807) is 19.2 Å². The van der Waals surface area contributed by atoms with Gasteiger partial charge in [-0.1, -0.05) is 23.7 Å². The van der Waals surface area contributed by atoms with Gasteiger partial charge in [-0.3, -0.25) is 4.99 Å². The number of hydrogen-bond acceptors (Lipinski definition) is 3. The number of thiazole rings is 1. The molecule has 10 heteroatoms.